The lowest BCUT2D eigenvalue weighted by Crippen LogP contribution is -2.12. The SMILES string of the molecule is Cc1nc(C(C)Nc2cccc3c2CCCC3)cs1. The van der Waals surface area contributed by atoms with Gasteiger partial charge < -0.3 is 5.32 Å². The molecule has 0 saturated heterocycles. The van der Waals surface area contributed by atoms with Crippen molar-refractivity contribution in [1.82, 2.24) is 4.98 Å². The summed E-state index contributed by atoms with van der Waals surface area (Å²) in [6, 6.07) is 6.93. The van der Waals surface area contributed by atoms with Gasteiger partial charge in [-0.2, -0.15) is 0 Å². The summed E-state index contributed by atoms with van der Waals surface area (Å²) in [5.41, 5.74) is 5.50. The van der Waals surface area contributed by atoms with Crippen molar-refractivity contribution in [2.24, 2.45) is 0 Å². The van der Waals surface area contributed by atoms with Gasteiger partial charge in [0.2, 0.25) is 0 Å². The molecule has 0 bridgehead atoms. The predicted octanol–water partition coefficient (Wildman–Crippen LogP) is 4.50. The van der Waals surface area contributed by atoms with E-state index in [-0.39, 0.29) is 6.04 Å². The average Bonchev–Trinajstić information content (AvgIpc) is 2.86. The molecule has 1 aliphatic carbocycles. The maximum absolute atomic E-state index is 4.57. The molecule has 0 aliphatic heterocycles. The molecule has 3 heteroatoms. The summed E-state index contributed by atoms with van der Waals surface area (Å²) in [5, 5.41) is 6.94. The predicted molar refractivity (Wildman–Crippen MR) is 82.0 cm³/mol. The zero-order valence-corrected chi connectivity index (χ0v) is 12.4. The zero-order chi connectivity index (χ0) is 13.2. The first-order chi connectivity index (χ1) is 9.24. The first-order valence-electron chi connectivity index (χ1n) is 7.03. The smallest absolute Gasteiger partial charge is 0.0898 e. The summed E-state index contributed by atoms with van der Waals surface area (Å²) in [6.07, 6.45) is 5.09. The Hall–Kier alpha value is -1.35. The first kappa shape index (κ1) is 12.7. The molecule has 1 atom stereocenters. The summed E-state index contributed by atoms with van der Waals surface area (Å²) in [4.78, 5) is 4.57. The number of benzene rings is 1. The van der Waals surface area contributed by atoms with Crippen LogP contribution in [0, 0.1) is 6.92 Å². The molecular formula is C16H20N2S. The Morgan fingerprint density at radius 2 is 2.11 bits per heavy atom. The van der Waals surface area contributed by atoms with Gasteiger partial charge in [0.1, 0.15) is 0 Å². The van der Waals surface area contributed by atoms with Gasteiger partial charge in [-0.15, -0.1) is 11.3 Å². The van der Waals surface area contributed by atoms with Crippen molar-refractivity contribution in [3.05, 3.63) is 45.4 Å². The van der Waals surface area contributed by atoms with Crippen LogP contribution in [0.15, 0.2) is 23.6 Å². The van der Waals surface area contributed by atoms with E-state index in [4.69, 9.17) is 0 Å². The van der Waals surface area contributed by atoms with E-state index in [1.807, 2.05) is 0 Å². The van der Waals surface area contributed by atoms with Crippen molar-refractivity contribution in [1.29, 1.82) is 0 Å². The fourth-order valence-corrected chi connectivity index (χ4v) is 3.51. The van der Waals surface area contributed by atoms with E-state index in [0.29, 0.717) is 0 Å². The van der Waals surface area contributed by atoms with E-state index in [2.05, 4.69) is 47.7 Å². The quantitative estimate of drug-likeness (QED) is 0.889. The van der Waals surface area contributed by atoms with Crippen molar-refractivity contribution in [3.63, 3.8) is 0 Å². The van der Waals surface area contributed by atoms with Crippen LogP contribution in [0.3, 0.4) is 0 Å². The number of aryl methyl sites for hydroxylation is 2. The van der Waals surface area contributed by atoms with Gasteiger partial charge in [0, 0.05) is 11.1 Å². The van der Waals surface area contributed by atoms with Crippen molar-refractivity contribution >= 4 is 17.0 Å². The molecule has 1 unspecified atom stereocenters. The third-order valence-corrected chi connectivity index (χ3v) is 4.64. The van der Waals surface area contributed by atoms with Crippen molar-refractivity contribution in [2.45, 2.75) is 45.6 Å². The lowest BCUT2D eigenvalue weighted by Gasteiger charge is -2.22. The van der Waals surface area contributed by atoms with E-state index < -0.39 is 0 Å². The molecule has 0 fully saturated rings. The molecule has 0 spiro atoms. The first-order valence-corrected chi connectivity index (χ1v) is 7.91. The van der Waals surface area contributed by atoms with E-state index in [1.165, 1.54) is 42.5 Å². The molecule has 19 heavy (non-hydrogen) atoms. The molecule has 1 N–H and O–H groups in total. The molecule has 2 aromatic rings. The highest BCUT2D eigenvalue weighted by Gasteiger charge is 2.15. The Balaban J connectivity index is 1.83. The number of fused-ring (bicyclic) bond motifs is 1. The Bertz CT molecular complexity index is 574. The molecule has 1 aromatic heterocycles. The minimum absolute atomic E-state index is 0.276. The van der Waals surface area contributed by atoms with Crippen LogP contribution < -0.4 is 5.32 Å². The van der Waals surface area contributed by atoms with Gasteiger partial charge in [0.05, 0.1) is 16.7 Å². The highest BCUT2D eigenvalue weighted by Crippen LogP contribution is 2.30. The Labute approximate surface area is 118 Å². The van der Waals surface area contributed by atoms with E-state index in [1.54, 1.807) is 11.3 Å². The minimum atomic E-state index is 0.276. The lowest BCUT2D eigenvalue weighted by atomic mass is 9.90. The molecule has 1 aromatic carbocycles. The van der Waals surface area contributed by atoms with Gasteiger partial charge >= 0.3 is 0 Å². The molecule has 2 nitrogen and oxygen atoms in total. The molecule has 3 rings (SSSR count). The van der Waals surface area contributed by atoms with Crippen molar-refractivity contribution in [3.8, 4) is 0 Å². The van der Waals surface area contributed by atoms with Crippen LogP contribution in [-0.4, -0.2) is 4.98 Å². The summed E-state index contributed by atoms with van der Waals surface area (Å²) >= 11 is 1.72. The molecule has 0 amide bonds. The number of nitrogens with zero attached hydrogens (tertiary/aromatic N) is 1. The molecule has 0 radical (unpaired) electrons. The van der Waals surface area contributed by atoms with Crippen LogP contribution in [0.2, 0.25) is 0 Å². The molecular weight excluding hydrogens is 252 g/mol. The second kappa shape index (κ2) is 5.33. The van der Waals surface area contributed by atoms with Crippen LogP contribution in [0.25, 0.3) is 0 Å². The monoisotopic (exact) mass is 272 g/mol. The Kier molecular flexibility index (Phi) is 3.56. The largest absolute Gasteiger partial charge is 0.377 e. The van der Waals surface area contributed by atoms with Gasteiger partial charge in [-0.25, -0.2) is 4.98 Å². The number of hydrogen-bond donors (Lipinski definition) is 1. The van der Waals surface area contributed by atoms with Gasteiger partial charge in [0.25, 0.3) is 0 Å². The standard InChI is InChI=1S/C16H20N2S/c1-11(16-10-19-12(2)18-16)17-15-9-5-7-13-6-3-4-8-14(13)15/h5,7,9-11,17H,3-4,6,8H2,1-2H3. The second-order valence-electron chi connectivity index (χ2n) is 5.31. The fourth-order valence-electron chi connectivity index (χ4n) is 2.80. The van der Waals surface area contributed by atoms with Crippen LogP contribution in [0.5, 0.6) is 0 Å². The Morgan fingerprint density at radius 1 is 1.26 bits per heavy atom. The Morgan fingerprint density at radius 3 is 2.89 bits per heavy atom. The highest BCUT2D eigenvalue weighted by atomic mass is 32.1. The van der Waals surface area contributed by atoms with E-state index in [0.717, 1.165) is 10.7 Å². The molecule has 0 saturated carbocycles. The van der Waals surface area contributed by atoms with Gasteiger partial charge in [-0.05, 0) is 56.7 Å². The van der Waals surface area contributed by atoms with Crippen LogP contribution >= 0.6 is 11.3 Å². The van der Waals surface area contributed by atoms with E-state index in [9.17, 15) is 0 Å². The summed E-state index contributed by atoms with van der Waals surface area (Å²) in [7, 11) is 0. The number of nitrogens with one attached hydrogen (secondary N) is 1. The second-order valence-corrected chi connectivity index (χ2v) is 6.37. The summed E-state index contributed by atoms with van der Waals surface area (Å²) in [6.45, 7) is 4.25. The third kappa shape index (κ3) is 2.66. The molecule has 1 heterocycles. The van der Waals surface area contributed by atoms with Crippen LogP contribution in [0.4, 0.5) is 5.69 Å². The number of thiazole rings is 1. The highest BCUT2D eigenvalue weighted by molar-refractivity contribution is 7.09. The maximum Gasteiger partial charge on any atom is 0.0898 e. The average molecular weight is 272 g/mol. The van der Waals surface area contributed by atoms with Crippen LogP contribution in [0.1, 0.15) is 47.6 Å². The van der Waals surface area contributed by atoms with Crippen LogP contribution in [-0.2, 0) is 12.8 Å². The zero-order valence-electron chi connectivity index (χ0n) is 11.6. The van der Waals surface area contributed by atoms with Crippen molar-refractivity contribution in [2.75, 3.05) is 5.32 Å². The normalized spacial score (nSPS) is 15.9. The van der Waals surface area contributed by atoms with Crippen molar-refractivity contribution < 1.29 is 0 Å². The maximum atomic E-state index is 4.57. The molecule has 100 valence electrons. The lowest BCUT2D eigenvalue weighted by molar-refractivity contribution is 0.684. The number of anilines is 1. The summed E-state index contributed by atoms with van der Waals surface area (Å²) < 4.78 is 0. The number of rotatable bonds is 3. The van der Waals surface area contributed by atoms with Gasteiger partial charge in [-0.1, -0.05) is 12.1 Å². The number of hydrogen-bond acceptors (Lipinski definition) is 3. The summed E-state index contributed by atoms with van der Waals surface area (Å²) in [5.74, 6) is 0. The van der Waals surface area contributed by atoms with E-state index >= 15 is 0 Å². The van der Waals surface area contributed by atoms with Gasteiger partial charge in [0.15, 0.2) is 0 Å². The molecule has 1 aliphatic rings. The number of aromatic nitrogens is 1. The van der Waals surface area contributed by atoms with Gasteiger partial charge in [-0.3, -0.25) is 0 Å². The topological polar surface area (TPSA) is 24.9 Å². The third-order valence-electron chi connectivity index (χ3n) is 3.85. The fraction of sp³-hybridized carbons (Fsp3) is 0.438. The minimum Gasteiger partial charge on any atom is -0.377 e.